The molecule has 0 heterocycles. The zero-order valence-corrected chi connectivity index (χ0v) is 12.2. The number of rotatable bonds is 8. The molecule has 21 heavy (non-hydrogen) atoms. The first kappa shape index (κ1) is 17.1. The Hall–Kier alpha value is -1.99. The molecule has 0 fully saturated rings. The standard InChI is InChI=1S/C14H20FN3O3/c1-18(2)8-7-16-13(19)9-21-10-14(20)17-12-5-3-11(15)4-6-12/h3-6H,7-10H2,1-2H3,(H,16,19)(H,17,20). The third-order valence-electron chi connectivity index (χ3n) is 2.48. The topological polar surface area (TPSA) is 70.7 Å². The van der Waals surface area contributed by atoms with Gasteiger partial charge in [0, 0.05) is 18.8 Å². The summed E-state index contributed by atoms with van der Waals surface area (Å²) in [4.78, 5) is 24.8. The summed E-state index contributed by atoms with van der Waals surface area (Å²) < 4.78 is 17.7. The van der Waals surface area contributed by atoms with Gasteiger partial charge in [-0.3, -0.25) is 9.59 Å². The normalized spacial score (nSPS) is 10.5. The van der Waals surface area contributed by atoms with Crippen LogP contribution in [0.1, 0.15) is 0 Å². The van der Waals surface area contributed by atoms with E-state index >= 15 is 0 Å². The predicted octanol–water partition coefficient (Wildman–Crippen LogP) is 0.459. The first-order valence-corrected chi connectivity index (χ1v) is 6.52. The van der Waals surface area contributed by atoms with Gasteiger partial charge in [0.2, 0.25) is 11.8 Å². The van der Waals surface area contributed by atoms with Gasteiger partial charge in [0.25, 0.3) is 0 Å². The summed E-state index contributed by atoms with van der Waals surface area (Å²) >= 11 is 0. The van der Waals surface area contributed by atoms with Crippen molar-refractivity contribution in [1.82, 2.24) is 10.2 Å². The summed E-state index contributed by atoms with van der Waals surface area (Å²) in [5, 5.41) is 5.20. The van der Waals surface area contributed by atoms with Gasteiger partial charge in [0.1, 0.15) is 19.0 Å². The first-order chi connectivity index (χ1) is 9.97. The Kier molecular flexibility index (Phi) is 7.34. The molecule has 0 radical (unpaired) electrons. The van der Waals surface area contributed by atoms with Gasteiger partial charge in [-0.2, -0.15) is 0 Å². The minimum Gasteiger partial charge on any atom is -0.362 e. The highest BCUT2D eigenvalue weighted by molar-refractivity contribution is 5.91. The lowest BCUT2D eigenvalue weighted by Crippen LogP contribution is -2.34. The Balaban J connectivity index is 2.15. The first-order valence-electron chi connectivity index (χ1n) is 6.52. The summed E-state index contributed by atoms with van der Waals surface area (Å²) in [5.41, 5.74) is 0.473. The molecule has 2 amide bonds. The number of halogens is 1. The van der Waals surface area contributed by atoms with Crippen molar-refractivity contribution in [3.05, 3.63) is 30.1 Å². The van der Waals surface area contributed by atoms with E-state index in [1.807, 2.05) is 19.0 Å². The van der Waals surface area contributed by atoms with Gasteiger partial charge >= 0.3 is 0 Å². The van der Waals surface area contributed by atoms with Crippen molar-refractivity contribution in [2.24, 2.45) is 0 Å². The van der Waals surface area contributed by atoms with Crippen molar-refractivity contribution in [1.29, 1.82) is 0 Å². The molecule has 0 saturated carbocycles. The van der Waals surface area contributed by atoms with Gasteiger partial charge < -0.3 is 20.3 Å². The van der Waals surface area contributed by atoms with Crippen LogP contribution < -0.4 is 10.6 Å². The summed E-state index contributed by atoms with van der Waals surface area (Å²) in [5.74, 6) is -1.05. The van der Waals surface area contributed by atoms with E-state index in [0.29, 0.717) is 12.2 Å². The van der Waals surface area contributed by atoms with E-state index in [2.05, 4.69) is 10.6 Å². The van der Waals surface area contributed by atoms with Crippen molar-refractivity contribution in [3.8, 4) is 0 Å². The van der Waals surface area contributed by atoms with Gasteiger partial charge in [-0.25, -0.2) is 4.39 Å². The van der Waals surface area contributed by atoms with Gasteiger partial charge in [-0.15, -0.1) is 0 Å². The Morgan fingerprint density at radius 1 is 1.14 bits per heavy atom. The van der Waals surface area contributed by atoms with E-state index in [1.54, 1.807) is 0 Å². The van der Waals surface area contributed by atoms with E-state index in [0.717, 1.165) is 6.54 Å². The number of nitrogens with one attached hydrogen (secondary N) is 2. The van der Waals surface area contributed by atoms with Crippen molar-refractivity contribution < 1.29 is 18.7 Å². The molecule has 7 heteroatoms. The fourth-order valence-electron chi connectivity index (χ4n) is 1.44. The molecule has 0 aliphatic heterocycles. The molecule has 0 bridgehead atoms. The van der Waals surface area contributed by atoms with Crippen LogP contribution in [0.5, 0.6) is 0 Å². The molecule has 0 atom stereocenters. The van der Waals surface area contributed by atoms with Crippen LogP contribution in [0.15, 0.2) is 24.3 Å². The molecule has 1 aromatic carbocycles. The number of ether oxygens (including phenoxy) is 1. The second kappa shape index (κ2) is 9.04. The number of hydrogen-bond acceptors (Lipinski definition) is 4. The van der Waals surface area contributed by atoms with Crippen molar-refractivity contribution in [3.63, 3.8) is 0 Å². The smallest absolute Gasteiger partial charge is 0.250 e. The lowest BCUT2D eigenvalue weighted by atomic mass is 10.3. The highest BCUT2D eigenvalue weighted by Gasteiger charge is 2.05. The van der Waals surface area contributed by atoms with Crippen molar-refractivity contribution in [2.45, 2.75) is 0 Å². The number of anilines is 1. The minimum absolute atomic E-state index is 0.176. The summed E-state index contributed by atoms with van der Waals surface area (Å²) in [6, 6.07) is 5.38. The van der Waals surface area contributed by atoms with Gasteiger partial charge in [0.15, 0.2) is 0 Å². The third kappa shape index (κ3) is 8.01. The maximum atomic E-state index is 12.7. The van der Waals surface area contributed by atoms with E-state index in [-0.39, 0.29) is 24.9 Å². The minimum atomic E-state index is -0.400. The van der Waals surface area contributed by atoms with Crippen LogP contribution in [0.3, 0.4) is 0 Å². The number of carbonyl (C=O) groups is 2. The molecule has 0 aliphatic carbocycles. The fraction of sp³-hybridized carbons (Fsp3) is 0.429. The highest BCUT2D eigenvalue weighted by Crippen LogP contribution is 2.07. The van der Waals surface area contributed by atoms with E-state index in [1.165, 1.54) is 24.3 Å². The Bertz CT molecular complexity index is 463. The number of benzene rings is 1. The Morgan fingerprint density at radius 3 is 2.38 bits per heavy atom. The Morgan fingerprint density at radius 2 is 1.76 bits per heavy atom. The zero-order valence-electron chi connectivity index (χ0n) is 12.2. The second-order valence-electron chi connectivity index (χ2n) is 4.70. The molecule has 0 saturated heterocycles. The van der Waals surface area contributed by atoms with Crippen LogP contribution in [0.2, 0.25) is 0 Å². The number of carbonyl (C=O) groups excluding carboxylic acids is 2. The molecule has 0 spiro atoms. The highest BCUT2D eigenvalue weighted by atomic mass is 19.1. The third-order valence-corrected chi connectivity index (χ3v) is 2.48. The second-order valence-corrected chi connectivity index (χ2v) is 4.70. The van der Waals surface area contributed by atoms with Gasteiger partial charge in [0.05, 0.1) is 0 Å². The van der Waals surface area contributed by atoms with Gasteiger partial charge in [-0.05, 0) is 38.4 Å². The van der Waals surface area contributed by atoms with Crippen LogP contribution in [0.25, 0.3) is 0 Å². The average Bonchev–Trinajstić information content (AvgIpc) is 2.41. The van der Waals surface area contributed by atoms with Gasteiger partial charge in [-0.1, -0.05) is 0 Å². The van der Waals surface area contributed by atoms with Crippen LogP contribution >= 0.6 is 0 Å². The lowest BCUT2D eigenvalue weighted by molar-refractivity contribution is -0.128. The average molecular weight is 297 g/mol. The van der Waals surface area contributed by atoms with E-state index in [4.69, 9.17) is 4.74 Å². The SMILES string of the molecule is CN(C)CCNC(=O)COCC(=O)Nc1ccc(F)cc1. The molecule has 6 nitrogen and oxygen atoms in total. The van der Waals surface area contributed by atoms with Crippen molar-refractivity contribution in [2.75, 3.05) is 45.7 Å². The van der Waals surface area contributed by atoms with E-state index < -0.39 is 5.91 Å². The van der Waals surface area contributed by atoms with E-state index in [9.17, 15) is 14.0 Å². The summed E-state index contributed by atoms with van der Waals surface area (Å²) in [6.45, 7) is 0.844. The predicted molar refractivity (Wildman–Crippen MR) is 77.4 cm³/mol. The summed E-state index contributed by atoms with van der Waals surface area (Å²) in [6.07, 6.45) is 0. The summed E-state index contributed by atoms with van der Waals surface area (Å²) in [7, 11) is 3.81. The van der Waals surface area contributed by atoms with Crippen LogP contribution in [0.4, 0.5) is 10.1 Å². The van der Waals surface area contributed by atoms with Crippen molar-refractivity contribution >= 4 is 17.5 Å². The fourth-order valence-corrected chi connectivity index (χ4v) is 1.44. The molecule has 116 valence electrons. The maximum Gasteiger partial charge on any atom is 0.250 e. The molecule has 1 rings (SSSR count). The molecule has 1 aromatic rings. The molecule has 0 unspecified atom stereocenters. The zero-order chi connectivity index (χ0) is 15.7. The largest absolute Gasteiger partial charge is 0.362 e. The lowest BCUT2D eigenvalue weighted by Gasteiger charge is -2.10. The molecule has 0 aliphatic rings. The van der Waals surface area contributed by atoms with Crippen LogP contribution in [-0.2, 0) is 14.3 Å². The Labute approximate surface area is 123 Å². The number of hydrogen-bond donors (Lipinski definition) is 2. The van der Waals surface area contributed by atoms with Crippen LogP contribution in [-0.4, -0.2) is 57.1 Å². The molecular formula is C14H20FN3O3. The molecular weight excluding hydrogens is 277 g/mol. The number of amides is 2. The molecule has 2 N–H and O–H groups in total. The molecule has 0 aromatic heterocycles. The van der Waals surface area contributed by atoms with Crippen LogP contribution in [0, 0.1) is 5.82 Å². The number of likely N-dealkylation sites (N-methyl/N-ethyl adjacent to an activating group) is 1. The monoisotopic (exact) mass is 297 g/mol. The maximum absolute atomic E-state index is 12.7. The number of nitrogens with zero attached hydrogens (tertiary/aromatic N) is 1. The quantitative estimate of drug-likeness (QED) is 0.731.